The van der Waals surface area contributed by atoms with E-state index in [9.17, 15) is 19.7 Å². The number of ketones is 2. The number of nitrogens with one attached hydrogen (secondary N) is 1. The van der Waals surface area contributed by atoms with Gasteiger partial charge >= 0.3 is 0 Å². The highest BCUT2D eigenvalue weighted by Crippen LogP contribution is 2.26. The second-order valence-electron chi connectivity index (χ2n) is 6.87. The zero-order valence-electron chi connectivity index (χ0n) is 17.8. The molecule has 11 nitrogen and oxygen atoms in total. The van der Waals surface area contributed by atoms with Crippen molar-refractivity contribution in [2.45, 2.75) is 6.92 Å². The molecule has 0 unspecified atom stereocenters. The van der Waals surface area contributed by atoms with Gasteiger partial charge in [-0.2, -0.15) is 0 Å². The van der Waals surface area contributed by atoms with Gasteiger partial charge in [0, 0.05) is 36.3 Å². The number of aryl methyl sites for hydroxylation is 1. The molecule has 0 radical (unpaired) electrons. The first-order valence-corrected chi connectivity index (χ1v) is 10.4. The maximum Gasteiger partial charge on any atom is 0.271 e. The van der Waals surface area contributed by atoms with E-state index in [0.29, 0.717) is 11.6 Å². The number of benzene rings is 1. The lowest BCUT2D eigenvalue weighted by Gasteiger charge is -2.09. The SMILES string of the molecule is Cc1ccc([N+](=O)[O-])cc1Nc1nccc(-c2cccnc2)n1.O=C1C(O)=C(Cl)C(=O)C(O)=C1Cl. The quantitative estimate of drug-likeness (QED) is 0.252. The number of carbonyl (C=O) groups is 2. The lowest BCUT2D eigenvalue weighted by atomic mass is 10.1. The molecule has 13 heteroatoms. The summed E-state index contributed by atoms with van der Waals surface area (Å²) in [7, 11) is 0. The highest BCUT2D eigenvalue weighted by Gasteiger charge is 2.33. The third-order valence-corrected chi connectivity index (χ3v) is 5.24. The van der Waals surface area contributed by atoms with Crippen LogP contribution in [0.25, 0.3) is 11.3 Å². The van der Waals surface area contributed by atoms with Gasteiger partial charge in [-0.1, -0.05) is 29.3 Å². The number of pyridine rings is 1. The number of aliphatic hydroxyl groups is 2. The molecule has 0 fully saturated rings. The van der Waals surface area contributed by atoms with Crippen LogP contribution in [-0.4, -0.2) is 41.7 Å². The lowest BCUT2D eigenvalue weighted by Crippen LogP contribution is -2.19. The van der Waals surface area contributed by atoms with Crippen LogP contribution in [0.4, 0.5) is 17.3 Å². The molecule has 178 valence electrons. The van der Waals surface area contributed by atoms with Crippen molar-refractivity contribution in [3.63, 3.8) is 0 Å². The molecule has 1 aliphatic rings. The summed E-state index contributed by atoms with van der Waals surface area (Å²) in [6.07, 6.45) is 5.03. The van der Waals surface area contributed by atoms with Crippen molar-refractivity contribution in [3.8, 4) is 11.3 Å². The number of nitro benzene ring substituents is 1. The first kappa shape index (κ1) is 25.3. The van der Waals surface area contributed by atoms with Gasteiger partial charge in [-0.3, -0.25) is 24.7 Å². The third-order valence-electron chi connectivity index (χ3n) is 4.54. The normalized spacial score (nSPS) is 13.3. The molecule has 0 aliphatic heterocycles. The van der Waals surface area contributed by atoms with Crippen LogP contribution >= 0.6 is 23.2 Å². The number of nitrogens with zero attached hydrogens (tertiary/aromatic N) is 4. The Morgan fingerprint density at radius 1 is 1.00 bits per heavy atom. The van der Waals surface area contributed by atoms with Crippen LogP contribution in [0.1, 0.15) is 5.56 Å². The van der Waals surface area contributed by atoms with Crippen molar-refractivity contribution in [2.24, 2.45) is 0 Å². The van der Waals surface area contributed by atoms with Crippen LogP contribution in [0.2, 0.25) is 0 Å². The molecule has 1 aromatic carbocycles. The van der Waals surface area contributed by atoms with E-state index in [0.717, 1.165) is 16.8 Å². The molecule has 2 aromatic heterocycles. The van der Waals surface area contributed by atoms with Crippen LogP contribution in [0, 0.1) is 17.0 Å². The number of hydrogen-bond acceptors (Lipinski definition) is 10. The summed E-state index contributed by atoms with van der Waals surface area (Å²) >= 11 is 10.4. The second kappa shape index (κ2) is 10.7. The Bertz CT molecular complexity index is 1330. The monoisotopic (exact) mass is 515 g/mol. The predicted octanol–water partition coefficient (Wildman–Crippen LogP) is 4.65. The van der Waals surface area contributed by atoms with Gasteiger partial charge in [0.05, 0.1) is 16.3 Å². The number of Topliss-reactive ketones (excluding diaryl/α,β-unsaturated/α-hetero) is 2. The summed E-state index contributed by atoms with van der Waals surface area (Å²) in [4.78, 5) is 44.7. The number of carbonyl (C=O) groups excluding carboxylic acids is 2. The molecule has 3 N–H and O–H groups in total. The Morgan fingerprint density at radius 3 is 2.23 bits per heavy atom. The molecule has 0 saturated carbocycles. The smallest absolute Gasteiger partial charge is 0.271 e. The van der Waals surface area contributed by atoms with E-state index in [2.05, 4.69) is 20.3 Å². The minimum atomic E-state index is -1.06. The third kappa shape index (κ3) is 5.78. The van der Waals surface area contributed by atoms with E-state index in [1.807, 2.05) is 19.1 Å². The number of nitro groups is 1. The van der Waals surface area contributed by atoms with Crippen molar-refractivity contribution in [2.75, 3.05) is 5.32 Å². The first-order chi connectivity index (χ1) is 16.6. The van der Waals surface area contributed by atoms with Crippen LogP contribution in [0.5, 0.6) is 0 Å². The van der Waals surface area contributed by atoms with Gasteiger partial charge in [0.1, 0.15) is 10.1 Å². The molecule has 35 heavy (non-hydrogen) atoms. The standard InChI is InChI=1S/C16H13N5O2.C6H2Cl2O4/c1-11-4-5-13(21(22)23)9-15(11)20-16-18-8-6-14(19-16)12-3-2-7-17-10-12;7-1-3(9)5(11)2(8)6(12)4(1)10/h2-10H,1H3,(H,18,19,20);9,12H. The first-order valence-electron chi connectivity index (χ1n) is 9.62. The van der Waals surface area contributed by atoms with Crippen LogP contribution in [0.3, 0.4) is 0 Å². The van der Waals surface area contributed by atoms with Crippen molar-refractivity contribution >= 4 is 52.1 Å². The van der Waals surface area contributed by atoms with E-state index in [1.165, 1.54) is 12.1 Å². The average molecular weight is 516 g/mol. The predicted molar refractivity (Wildman–Crippen MR) is 127 cm³/mol. The maximum absolute atomic E-state index is 10.9. The summed E-state index contributed by atoms with van der Waals surface area (Å²) < 4.78 is 0. The van der Waals surface area contributed by atoms with Crippen LogP contribution in [-0.2, 0) is 9.59 Å². The van der Waals surface area contributed by atoms with Crippen molar-refractivity contribution in [3.05, 3.63) is 92.2 Å². The largest absolute Gasteiger partial charge is 0.503 e. The number of aromatic nitrogens is 3. The molecular formula is C22H15Cl2N5O6. The van der Waals surface area contributed by atoms with Crippen molar-refractivity contribution < 1.29 is 24.7 Å². The van der Waals surface area contributed by atoms with E-state index < -0.39 is 38.1 Å². The van der Waals surface area contributed by atoms with Gasteiger partial charge in [0.2, 0.25) is 17.5 Å². The van der Waals surface area contributed by atoms with Crippen molar-refractivity contribution in [1.29, 1.82) is 0 Å². The summed E-state index contributed by atoms with van der Waals surface area (Å²) in [6.45, 7) is 1.86. The molecular weight excluding hydrogens is 501 g/mol. The fourth-order valence-corrected chi connectivity index (χ4v) is 3.05. The zero-order valence-corrected chi connectivity index (χ0v) is 19.3. The number of halogens is 2. The molecule has 2 heterocycles. The summed E-state index contributed by atoms with van der Waals surface area (Å²) in [5.41, 5.74) is 3.07. The van der Waals surface area contributed by atoms with Gasteiger partial charge in [-0.05, 0) is 30.7 Å². The number of rotatable bonds is 4. The fraction of sp³-hybridized carbons (Fsp3) is 0.0455. The van der Waals surface area contributed by atoms with Gasteiger partial charge in [0.25, 0.3) is 5.69 Å². The molecule has 0 saturated heterocycles. The molecule has 3 aromatic rings. The Balaban J connectivity index is 0.000000241. The fourth-order valence-electron chi connectivity index (χ4n) is 2.69. The van der Waals surface area contributed by atoms with Gasteiger partial charge in [-0.25, -0.2) is 9.97 Å². The topological polar surface area (TPSA) is 168 Å². The highest BCUT2D eigenvalue weighted by molar-refractivity contribution is 6.55. The molecule has 0 amide bonds. The summed E-state index contributed by atoms with van der Waals surface area (Å²) in [5, 5.41) is 30.2. The number of allylic oxidation sites excluding steroid dienone is 2. The summed E-state index contributed by atoms with van der Waals surface area (Å²) in [6, 6.07) is 10.1. The van der Waals surface area contributed by atoms with Crippen molar-refractivity contribution in [1.82, 2.24) is 15.0 Å². The minimum absolute atomic E-state index is 0.0153. The zero-order chi connectivity index (χ0) is 25.7. The Hall–Kier alpha value is -4.35. The number of anilines is 2. The Kier molecular flexibility index (Phi) is 7.74. The Labute approximate surface area is 207 Å². The molecule has 0 spiro atoms. The molecule has 1 aliphatic carbocycles. The minimum Gasteiger partial charge on any atom is -0.503 e. The number of hydrogen-bond donors (Lipinski definition) is 3. The van der Waals surface area contributed by atoms with E-state index >= 15 is 0 Å². The van der Waals surface area contributed by atoms with Gasteiger partial charge in [0.15, 0.2) is 11.5 Å². The molecule has 4 rings (SSSR count). The molecule has 0 bridgehead atoms. The van der Waals surface area contributed by atoms with Crippen LogP contribution in [0.15, 0.2) is 76.6 Å². The average Bonchev–Trinajstić information content (AvgIpc) is 2.87. The Morgan fingerprint density at radius 2 is 1.66 bits per heavy atom. The van der Waals surface area contributed by atoms with E-state index in [1.54, 1.807) is 30.7 Å². The molecule has 0 atom stereocenters. The van der Waals surface area contributed by atoms with Crippen LogP contribution < -0.4 is 5.32 Å². The summed E-state index contributed by atoms with van der Waals surface area (Å²) in [5.74, 6) is -3.62. The lowest BCUT2D eigenvalue weighted by molar-refractivity contribution is -0.384. The number of aliphatic hydroxyl groups excluding tert-OH is 2. The maximum atomic E-state index is 10.9. The van der Waals surface area contributed by atoms with Gasteiger partial charge in [-0.15, -0.1) is 0 Å². The highest BCUT2D eigenvalue weighted by atomic mass is 35.5. The second-order valence-corrected chi connectivity index (χ2v) is 7.63. The number of non-ortho nitro benzene ring substituents is 1. The van der Waals surface area contributed by atoms with E-state index in [-0.39, 0.29) is 5.69 Å². The van der Waals surface area contributed by atoms with E-state index in [4.69, 9.17) is 33.4 Å². The van der Waals surface area contributed by atoms with Gasteiger partial charge < -0.3 is 15.5 Å².